The number of nitriles is 1. The van der Waals surface area contributed by atoms with Gasteiger partial charge in [-0.2, -0.15) is 18.4 Å². The van der Waals surface area contributed by atoms with Gasteiger partial charge in [-0.25, -0.2) is 9.97 Å². The van der Waals surface area contributed by atoms with Crippen molar-refractivity contribution in [1.82, 2.24) is 30.2 Å². The Morgan fingerprint density at radius 3 is 2.89 bits per heavy atom. The van der Waals surface area contributed by atoms with Gasteiger partial charge in [-0.15, -0.1) is 11.3 Å². The maximum Gasteiger partial charge on any atom is 0.422 e. The Balaban J connectivity index is 1.38. The molecule has 0 aromatic carbocycles. The van der Waals surface area contributed by atoms with Crippen molar-refractivity contribution in [3.8, 4) is 22.4 Å². The number of rotatable bonds is 6. The molecule has 2 amide bonds. The van der Waals surface area contributed by atoms with Crippen LogP contribution in [-0.4, -0.2) is 68.6 Å². The van der Waals surface area contributed by atoms with Gasteiger partial charge in [0.1, 0.15) is 17.3 Å². The molecule has 0 bridgehead atoms. The maximum atomic E-state index is 12.9. The van der Waals surface area contributed by atoms with Crippen LogP contribution in [0.2, 0.25) is 0 Å². The summed E-state index contributed by atoms with van der Waals surface area (Å²) in [5, 5.41) is 11.5. The third kappa shape index (κ3) is 4.90. The topological polar surface area (TPSA) is 137 Å². The molecule has 4 aromatic rings. The van der Waals surface area contributed by atoms with E-state index >= 15 is 0 Å². The molecule has 0 radical (unpaired) electrons. The molecule has 1 aliphatic heterocycles. The molecule has 5 heterocycles. The third-order valence-electron chi connectivity index (χ3n) is 5.74. The molecule has 10 nitrogen and oxygen atoms in total. The highest BCUT2D eigenvalue weighted by atomic mass is 32.1. The van der Waals surface area contributed by atoms with E-state index in [0.29, 0.717) is 39.5 Å². The summed E-state index contributed by atoms with van der Waals surface area (Å²) in [5.74, 6) is -0.952. The lowest BCUT2D eigenvalue weighted by atomic mass is 10.0. The first-order valence-corrected chi connectivity index (χ1v) is 11.9. The summed E-state index contributed by atoms with van der Waals surface area (Å²) in [6, 6.07) is 4.31. The van der Waals surface area contributed by atoms with Crippen LogP contribution in [0.3, 0.4) is 0 Å². The van der Waals surface area contributed by atoms with Crippen molar-refractivity contribution in [2.75, 3.05) is 19.7 Å². The Morgan fingerprint density at radius 2 is 2.16 bits per heavy atom. The maximum absolute atomic E-state index is 12.9. The van der Waals surface area contributed by atoms with E-state index < -0.39 is 24.7 Å². The zero-order chi connectivity index (χ0) is 26.3. The van der Waals surface area contributed by atoms with Gasteiger partial charge in [-0.3, -0.25) is 14.6 Å². The second-order valence-electron chi connectivity index (χ2n) is 8.46. The number of hydrogen-bond acceptors (Lipinski definition) is 8. The van der Waals surface area contributed by atoms with E-state index in [1.807, 2.05) is 0 Å². The Bertz CT molecular complexity index is 1550. The van der Waals surface area contributed by atoms with Crippen molar-refractivity contribution in [2.24, 2.45) is 5.92 Å². The molecule has 5 rings (SSSR count). The number of thiophene rings is 1. The molecule has 37 heavy (non-hydrogen) atoms. The van der Waals surface area contributed by atoms with Crippen LogP contribution < -0.4 is 10.1 Å². The number of aromatic amines is 1. The number of alkyl halides is 3. The highest BCUT2D eigenvalue weighted by molar-refractivity contribution is 7.22. The molecule has 1 atom stereocenters. The van der Waals surface area contributed by atoms with Gasteiger partial charge in [0.25, 0.3) is 5.91 Å². The SMILES string of the molecule is CC(NC(=O)c1c[nH]c2ncc(-c3cc4nccc(OCC(F)(F)F)c4s3)nc12)C(=O)N1CC(C#N)C1. The highest BCUT2D eigenvalue weighted by Gasteiger charge is 2.34. The number of ether oxygens (including phenoxy) is 1. The fourth-order valence-corrected chi connectivity index (χ4v) is 4.88. The average Bonchev–Trinajstić information content (AvgIpc) is 3.45. The number of nitrogens with one attached hydrogen (secondary N) is 2. The molecule has 0 aliphatic carbocycles. The minimum absolute atomic E-state index is 0.0521. The first-order chi connectivity index (χ1) is 17.6. The third-order valence-corrected chi connectivity index (χ3v) is 6.90. The van der Waals surface area contributed by atoms with E-state index in [1.54, 1.807) is 13.0 Å². The number of hydrogen-bond donors (Lipinski definition) is 2. The number of H-pyrrole nitrogens is 1. The highest BCUT2D eigenvalue weighted by Crippen LogP contribution is 2.37. The fraction of sp³-hybridized carbons (Fsp3) is 0.304. The number of nitrogens with zero attached hydrogens (tertiary/aromatic N) is 5. The van der Waals surface area contributed by atoms with Crippen LogP contribution in [0.5, 0.6) is 5.75 Å². The van der Waals surface area contributed by atoms with Crippen LogP contribution in [0.15, 0.2) is 30.7 Å². The molecule has 1 saturated heterocycles. The Kier molecular flexibility index (Phi) is 6.16. The first kappa shape index (κ1) is 24.4. The molecule has 2 N–H and O–H groups in total. The number of halogens is 3. The normalized spacial score (nSPS) is 14.8. The first-order valence-electron chi connectivity index (χ1n) is 11.0. The van der Waals surface area contributed by atoms with Gasteiger partial charge < -0.3 is 19.9 Å². The number of fused-ring (bicyclic) bond motifs is 2. The minimum Gasteiger partial charge on any atom is -0.483 e. The van der Waals surface area contributed by atoms with Crippen molar-refractivity contribution in [3.05, 3.63) is 36.3 Å². The van der Waals surface area contributed by atoms with Crippen LogP contribution in [0, 0.1) is 17.2 Å². The lowest BCUT2D eigenvalue weighted by Gasteiger charge is -2.37. The number of pyridine rings is 1. The molecule has 0 saturated carbocycles. The van der Waals surface area contributed by atoms with Gasteiger partial charge in [-0.05, 0) is 19.1 Å². The molecular formula is C23H18F3N7O3S. The van der Waals surface area contributed by atoms with Crippen molar-refractivity contribution in [1.29, 1.82) is 5.26 Å². The molecule has 4 aromatic heterocycles. The molecule has 1 aliphatic rings. The number of carbonyl (C=O) groups is 2. The summed E-state index contributed by atoms with van der Waals surface area (Å²) < 4.78 is 43.2. The number of carbonyl (C=O) groups excluding carboxylic acids is 2. The summed E-state index contributed by atoms with van der Waals surface area (Å²) >= 11 is 1.14. The second-order valence-corrected chi connectivity index (χ2v) is 9.51. The molecular weight excluding hydrogens is 511 g/mol. The summed E-state index contributed by atoms with van der Waals surface area (Å²) in [5.41, 5.74) is 1.61. The quantitative estimate of drug-likeness (QED) is 0.391. The number of aromatic nitrogens is 4. The van der Waals surface area contributed by atoms with E-state index in [1.165, 1.54) is 29.6 Å². The standard InChI is InChI=1S/C23H18F3N7O3S/c1-11(22(35)33-8-12(5-27)9-33)31-21(34)13-6-29-20-18(13)32-15(7-30-20)17-4-14-19(37-17)16(2-3-28-14)36-10-23(24,25)26/h2-4,6-7,11-12H,8-10H2,1H3,(H,29,30)(H,31,34). The van der Waals surface area contributed by atoms with E-state index in [-0.39, 0.29) is 28.7 Å². The summed E-state index contributed by atoms with van der Waals surface area (Å²) in [7, 11) is 0. The Labute approximate surface area is 211 Å². The van der Waals surface area contributed by atoms with Crippen molar-refractivity contribution >= 4 is 44.5 Å². The van der Waals surface area contributed by atoms with E-state index in [4.69, 9.17) is 10.00 Å². The fourth-order valence-electron chi connectivity index (χ4n) is 3.85. The largest absolute Gasteiger partial charge is 0.483 e. The molecule has 1 unspecified atom stereocenters. The van der Waals surface area contributed by atoms with E-state index in [2.05, 4.69) is 31.3 Å². The van der Waals surface area contributed by atoms with Crippen LogP contribution in [0.4, 0.5) is 13.2 Å². The smallest absolute Gasteiger partial charge is 0.422 e. The van der Waals surface area contributed by atoms with Crippen LogP contribution in [0.25, 0.3) is 32.0 Å². The van der Waals surface area contributed by atoms with E-state index in [9.17, 15) is 22.8 Å². The van der Waals surface area contributed by atoms with Gasteiger partial charge in [0.15, 0.2) is 12.3 Å². The van der Waals surface area contributed by atoms with Crippen LogP contribution >= 0.6 is 11.3 Å². The zero-order valence-corrected chi connectivity index (χ0v) is 20.0. The Morgan fingerprint density at radius 1 is 1.38 bits per heavy atom. The van der Waals surface area contributed by atoms with Crippen molar-refractivity contribution in [3.63, 3.8) is 0 Å². The second kappa shape index (κ2) is 9.32. The summed E-state index contributed by atoms with van der Waals surface area (Å²) in [6.45, 7) is 0.813. The summed E-state index contributed by atoms with van der Waals surface area (Å²) in [4.78, 5) is 43.4. The lowest BCUT2D eigenvalue weighted by molar-refractivity contribution is -0.153. The van der Waals surface area contributed by atoms with Crippen molar-refractivity contribution < 1.29 is 27.5 Å². The van der Waals surface area contributed by atoms with Crippen molar-refractivity contribution in [2.45, 2.75) is 19.1 Å². The number of amides is 2. The average molecular weight is 530 g/mol. The van der Waals surface area contributed by atoms with Crippen LogP contribution in [0.1, 0.15) is 17.3 Å². The van der Waals surface area contributed by atoms with Gasteiger partial charge in [0.2, 0.25) is 5.91 Å². The van der Waals surface area contributed by atoms with Gasteiger partial charge in [0, 0.05) is 25.5 Å². The zero-order valence-electron chi connectivity index (χ0n) is 19.2. The lowest BCUT2D eigenvalue weighted by Crippen LogP contribution is -2.55. The molecule has 14 heteroatoms. The summed E-state index contributed by atoms with van der Waals surface area (Å²) in [6.07, 6.45) is -0.208. The molecule has 1 fully saturated rings. The van der Waals surface area contributed by atoms with Gasteiger partial charge in [0.05, 0.1) is 44.5 Å². The van der Waals surface area contributed by atoms with E-state index in [0.717, 1.165) is 11.3 Å². The predicted octanol–water partition coefficient (Wildman–Crippen LogP) is 3.28. The van der Waals surface area contributed by atoms with Gasteiger partial charge in [-0.1, -0.05) is 0 Å². The van der Waals surface area contributed by atoms with Gasteiger partial charge >= 0.3 is 6.18 Å². The van der Waals surface area contributed by atoms with Crippen LogP contribution in [-0.2, 0) is 4.79 Å². The predicted molar refractivity (Wildman–Crippen MR) is 127 cm³/mol. The Hall–Kier alpha value is -4.25. The molecule has 0 spiro atoms. The monoisotopic (exact) mass is 529 g/mol. The minimum atomic E-state index is -4.48. The number of likely N-dealkylation sites (tertiary alicyclic amines) is 1. The molecule has 190 valence electrons.